The fourth-order valence-electron chi connectivity index (χ4n) is 2.94. The van der Waals surface area contributed by atoms with Crippen molar-refractivity contribution in [2.24, 2.45) is 0 Å². The van der Waals surface area contributed by atoms with Crippen molar-refractivity contribution < 1.29 is 9.53 Å². The largest absolute Gasteiger partial charge is 0.497 e. The third-order valence-electron chi connectivity index (χ3n) is 4.45. The van der Waals surface area contributed by atoms with Crippen LogP contribution in [0, 0.1) is 0 Å². The van der Waals surface area contributed by atoms with Crippen LogP contribution >= 0.6 is 11.3 Å². The number of fused-ring (bicyclic) bond motifs is 1. The lowest BCUT2D eigenvalue weighted by Crippen LogP contribution is -2.25. The Balaban J connectivity index is 1.51. The first-order valence-electron chi connectivity index (χ1n) is 8.69. The number of carbonyl (C=O) groups excluding carboxylic acids is 1. The van der Waals surface area contributed by atoms with Crippen LogP contribution in [0.4, 0.5) is 5.95 Å². The van der Waals surface area contributed by atoms with Gasteiger partial charge in [0.2, 0.25) is 5.95 Å². The Morgan fingerprint density at radius 3 is 2.93 bits per heavy atom. The zero-order valence-corrected chi connectivity index (χ0v) is 16.2. The number of hydrogen-bond donors (Lipinski definition) is 2. The molecule has 0 radical (unpaired) electrons. The van der Waals surface area contributed by atoms with Crippen LogP contribution in [-0.2, 0) is 0 Å². The maximum absolute atomic E-state index is 12.7. The Kier molecular flexibility index (Phi) is 4.70. The lowest BCUT2D eigenvalue weighted by molar-refractivity contribution is 0.0944. The molecule has 7 nitrogen and oxygen atoms in total. The van der Waals surface area contributed by atoms with Gasteiger partial charge in [-0.05, 0) is 53.8 Å². The van der Waals surface area contributed by atoms with Gasteiger partial charge < -0.3 is 15.8 Å². The van der Waals surface area contributed by atoms with E-state index in [1.807, 2.05) is 61.0 Å². The molecule has 0 bridgehead atoms. The van der Waals surface area contributed by atoms with E-state index in [9.17, 15) is 4.79 Å². The van der Waals surface area contributed by atoms with Gasteiger partial charge in [-0.1, -0.05) is 12.1 Å². The Morgan fingerprint density at radius 1 is 1.25 bits per heavy atom. The molecule has 0 spiro atoms. The molecule has 0 saturated heterocycles. The Bertz CT molecular complexity index is 1150. The summed E-state index contributed by atoms with van der Waals surface area (Å²) in [5.41, 5.74) is 9.18. The van der Waals surface area contributed by atoms with Crippen molar-refractivity contribution in [2.75, 3.05) is 12.8 Å². The third kappa shape index (κ3) is 3.54. The first kappa shape index (κ1) is 18.0. The SMILES string of the molecule is COc1cccc(C(C)NC(=O)c2cc(-c3ccc4nc(N)nn4c3)cs2)c1. The summed E-state index contributed by atoms with van der Waals surface area (Å²) in [4.78, 5) is 17.4. The van der Waals surface area contributed by atoms with E-state index in [2.05, 4.69) is 15.4 Å². The number of nitrogens with zero attached hydrogens (tertiary/aromatic N) is 3. The molecule has 1 atom stereocenters. The van der Waals surface area contributed by atoms with Crippen LogP contribution in [0.5, 0.6) is 5.75 Å². The first-order valence-corrected chi connectivity index (χ1v) is 9.57. The van der Waals surface area contributed by atoms with Gasteiger partial charge >= 0.3 is 0 Å². The van der Waals surface area contributed by atoms with Crippen LogP contribution in [0.1, 0.15) is 28.2 Å². The average Bonchev–Trinajstić information content (AvgIpc) is 3.33. The van der Waals surface area contributed by atoms with Gasteiger partial charge in [0, 0.05) is 11.8 Å². The topological polar surface area (TPSA) is 94.5 Å². The van der Waals surface area contributed by atoms with Crippen LogP contribution in [-0.4, -0.2) is 27.6 Å². The highest BCUT2D eigenvalue weighted by molar-refractivity contribution is 7.12. The number of benzene rings is 1. The van der Waals surface area contributed by atoms with Gasteiger partial charge in [0.05, 0.1) is 18.0 Å². The second-order valence-electron chi connectivity index (χ2n) is 6.36. The molecule has 0 saturated carbocycles. The number of nitrogen functional groups attached to an aromatic ring is 1. The molecule has 3 N–H and O–H groups in total. The van der Waals surface area contributed by atoms with Crippen molar-refractivity contribution in [3.8, 4) is 16.9 Å². The third-order valence-corrected chi connectivity index (χ3v) is 5.37. The van der Waals surface area contributed by atoms with Crippen molar-refractivity contribution in [2.45, 2.75) is 13.0 Å². The molecule has 0 fully saturated rings. The molecular formula is C20H19N5O2S. The Hall–Kier alpha value is -3.39. The molecule has 4 rings (SSSR count). The normalized spacial score (nSPS) is 12.1. The van der Waals surface area contributed by atoms with Gasteiger partial charge in [-0.15, -0.1) is 16.4 Å². The summed E-state index contributed by atoms with van der Waals surface area (Å²) < 4.78 is 6.88. The van der Waals surface area contributed by atoms with Gasteiger partial charge in [-0.25, -0.2) is 4.52 Å². The minimum Gasteiger partial charge on any atom is -0.497 e. The number of amides is 1. The molecular weight excluding hydrogens is 374 g/mol. The Labute approximate surface area is 165 Å². The number of carbonyl (C=O) groups is 1. The quantitative estimate of drug-likeness (QED) is 0.541. The number of nitrogens with one attached hydrogen (secondary N) is 1. The van der Waals surface area contributed by atoms with E-state index in [1.54, 1.807) is 11.6 Å². The number of pyridine rings is 1. The number of rotatable bonds is 5. The van der Waals surface area contributed by atoms with Crippen molar-refractivity contribution in [3.05, 3.63) is 64.5 Å². The number of thiophene rings is 1. The molecule has 8 heteroatoms. The summed E-state index contributed by atoms with van der Waals surface area (Å²) in [7, 11) is 1.63. The molecule has 3 heterocycles. The van der Waals surface area contributed by atoms with E-state index in [4.69, 9.17) is 10.5 Å². The van der Waals surface area contributed by atoms with Crippen LogP contribution in [0.25, 0.3) is 16.8 Å². The summed E-state index contributed by atoms with van der Waals surface area (Å²) in [5, 5.41) is 9.11. The average molecular weight is 393 g/mol. The molecule has 3 aromatic heterocycles. The van der Waals surface area contributed by atoms with E-state index in [0.717, 1.165) is 22.4 Å². The molecule has 142 valence electrons. The maximum atomic E-state index is 12.7. The Morgan fingerprint density at radius 2 is 2.11 bits per heavy atom. The van der Waals surface area contributed by atoms with Crippen molar-refractivity contribution >= 4 is 28.8 Å². The van der Waals surface area contributed by atoms with E-state index < -0.39 is 0 Å². The summed E-state index contributed by atoms with van der Waals surface area (Å²) in [6.45, 7) is 1.95. The summed E-state index contributed by atoms with van der Waals surface area (Å²) in [5.74, 6) is 0.882. The van der Waals surface area contributed by atoms with Crippen LogP contribution in [0.2, 0.25) is 0 Å². The van der Waals surface area contributed by atoms with Gasteiger partial charge in [0.15, 0.2) is 5.65 Å². The first-order chi connectivity index (χ1) is 13.5. The zero-order valence-electron chi connectivity index (χ0n) is 15.4. The fraction of sp³-hybridized carbons (Fsp3) is 0.150. The minimum absolute atomic E-state index is 0.113. The number of aromatic nitrogens is 3. The zero-order chi connectivity index (χ0) is 19.7. The number of anilines is 1. The molecule has 0 aliphatic rings. The lowest BCUT2D eigenvalue weighted by atomic mass is 10.1. The number of hydrogen-bond acceptors (Lipinski definition) is 6. The van der Waals surface area contributed by atoms with Crippen LogP contribution < -0.4 is 15.8 Å². The highest BCUT2D eigenvalue weighted by atomic mass is 32.1. The summed E-state index contributed by atoms with van der Waals surface area (Å²) in [6, 6.07) is 13.2. The van der Waals surface area contributed by atoms with E-state index in [1.165, 1.54) is 11.3 Å². The van der Waals surface area contributed by atoms with Gasteiger partial charge in [0.1, 0.15) is 5.75 Å². The standard InChI is InChI=1S/C20H19N5O2S/c1-12(13-4-3-5-16(8-13)27-2)22-19(26)17-9-15(11-28-17)14-6-7-18-23-20(21)24-25(18)10-14/h3-12H,1-2H3,(H2,21,24)(H,22,26). The number of methoxy groups -OCH3 is 1. The minimum atomic E-state index is -0.136. The molecule has 0 aliphatic heterocycles. The lowest BCUT2D eigenvalue weighted by Gasteiger charge is -2.14. The smallest absolute Gasteiger partial charge is 0.261 e. The molecule has 1 aromatic carbocycles. The van der Waals surface area contributed by atoms with Gasteiger partial charge in [-0.3, -0.25) is 4.79 Å². The second kappa shape index (κ2) is 7.32. The summed E-state index contributed by atoms with van der Waals surface area (Å²) in [6.07, 6.45) is 1.85. The highest BCUT2D eigenvalue weighted by Crippen LogP contribution is 2.27. The van der Waals surface area contributed by atoms with Crippen LogP contribution in [0.3, 0.4) is 0 Å². The predicted octanol–water partition coefficient (Wildman–Crippen LogP) is 3.54. The van der Waals surface area contributed by atoms with E-state index in [0.29, 0.717) is 10.5 Å². The van der Waals surface area contributed by atoms with E-state index in [-0.39, 0.29) is 17.9 Å². The van der Waals surface area contributed by atoms with Crippen molar-refractivity contribution in [3.63, 3.8) is 0 Å². The highest BCUT2D eigenvalue weighted by Gasteiger charge is 2.15. The molecule has 28 heavy (non-hydrogen) atoms. The maximum Gasteiger partial charge on any atom is 0.261 e. The van der Waals surface area contributed by atoms with Gasteiger partial charge in [-0.2, -0.15) is 4.98 Å². The predicted molar refractivity (Wildman–Crippen MR) is 110 cm³/mol. The van der Waals surface area contributed by atoms with Crippen molar-refractivity contribution in [1.82, 2.24) is 19.9 Å². The second-order valence-corrected chi connectivity index (χ2v) is 7.27. The van der Waals surface area contributed by atoms with E-state index >= 15 is 0 Å². The van der Waals surface area contributed by atoms with Crippen molar-refractivity contribution in [1.29, 1.82) is 0 Å². The summed E-state index contributed by atoms with van der Waals surface area (Å²) >= 11 is 1.40. The monoisotopic (exact) mass is 393 g/mol. The molecule has 4 aromatic rings. The molecule has 1 unspecified atom stereocenters. The molecule has 0 aliphatic carbocycles. The fourth-order valence-corrected chi connectivity index (χ4v) is 3.76. The molecule has 1 amide bonds. The van der Waals surface area contributed by atoms with Gasteiger partial charge in [0.25, 0.3) is 5.91 Å². The number of nitrogens with two attached hydrogens (primary N) is 1. The number of ether oxygens (including phenoxy) is 1. The van der Waals surface area contributed by atoms with Crippen LogP contribution in [0.15, 0.2) is 54.0 Å².